The predicted molar refractivity (Wildman–Crippen MR) is 81.4 cm³/mol. The van der Waals surface area contributed by atoms with Gasteiger partial charge in [-0.05, 0) is 31.4 Å². The molecule has 2 heterocycles. The van der Waals surface area contributed by atoms with Crippen molar-refractivity contribution in [2.75, 3.05) is 31.1 Å². The Kier molecular flexibility index (Phi) is 4.12. The monoisotopic (exact) mass is 338 g/mol. The third-order valence-corrected chi connectivity index (χ3v) is 4.95. The number of aliphatic hydroxyl groups excluding tert-OH is 1. The smallest absolute Gasteiger partial charge is 0.314 e. The zero-order valence-electron chi connectivity index (χ0n) is 13.0. The van der Waals surface area contributed by atoms with Crippen molar-refractivity contribution in [3.05, 3.63) is 17.8 Å². The Morgan fingerprint density at radius 1 is 1.29 bits per heavy atom. The minimum absolute atomic E-state index is 0.0377. The number of rotatable bonds is 5. The quantitative estimate of drug-likeness (QED) is 0.691. The number of hydrogen-bond acceptors (Lipinski definition) is 6. The molecule has 1 aliphatic carbocycles. The summed E-state index contributed by atoms with van der Waals surface area (Å²) < 4.78 is 15.1. The highest BCUT2D eigenvalue weighted by molar-refractivity contribution is 5.92. The summed E-state index contributed by atoms with van der Waals surface area (Å²) in [6.07, 6.45) is 1.10. The molecule has 9 heteroatoms. The molecular formula is C15H19FN4O4. The number of halogens is 1. The van der Waals surface area contributed by atoms with E-state index < -0.39 is 23.0 Å². The van der Waals surface area contributed by atoms with Gasteiger partial charge in [0, 0.05) is 13.1 Å². The van der Waals surface area contributed by atoms with Crippen molar-refractivity contribution in [3.8, 4) is 0 Å². The van der Waals surface area contributed by atoms with Gasteiger partial charge in [-0.15, -0.1) is 10.2 Å². The van der Waals surface area contributed by atoms with Crippen molar-refractivity contribution >= 4 is 17.7 Å². The van der Waals surface area contributed by atoms with Crippen LogP contribution < -0.4 is 10.2 Å². The lowest BCUT2D eigenvalue weighted by atomic mass is 9.78. The number of carbonyl (C=O) groups excluding carboxylic acids is 1. The second-order valence-electron chi connectivity index (χ2n) is 6.32. The van der Waals surface area contributed by atoms with Gasteiger partial charge >= 0.3 is 5.97 Å². The van der Waals surface area contributed by atoms with E-state index in [4.69, 9.17) is 5.11 Å². The van der Waals surface area contributed by atoms with Crippen molar-refractivity contribution < 1.29 is 24.2 Å². The van der Waals surface area contributed by atoms with Crippen LogP contribution in [0.15, 0.2) is 12.1 Å². The van der Waals surface area contributed by atoms with Crippen LogP contribution in [-0.2, 0) is 4.79 Å². The number of nitrogens with one attached hydrogen (secondary N) is 1. The molecule has 0 unspecified atom stereocenters. The Balaban J connectivity index is 1.77. The molecule has 2 fully saturated rings. The Morgan fingerprint density at radius 2 is 2.08 bits per heavy atom. The average Bonchev–Trinajstić information content (AvgIpc) is 3.04. The first-order valence-corrected chi connectivity index (χ1v) is 7.82. The topological polar surface area (TPSA) is 116 Å². The van der Waals surface area contributed by atoms with E-state index in [0.717, 1.165) is 0 Å². The number of aromatic nitrogens is 2. The molecule has 1 aliphatic heterocycles. The Labute approximate surface area is 137 Å². The third-order valence-electron chi connectivity index (χ3n) is 4.95. The van der Waals surface area contributed by atoms with Crippen LogP contribution in [0.3, 0.4) is 0 Å². The lowest BCUT2D eigenvalue weighted by molar-refractivity contribution is -0.153. The van der Waals surface area contributed by atoms with E-state index in [-0.39, 0.29) is 38.4 Å². The second kappa shape index (κ2) is 5.97. The molecule has 1 aromatic rings. The predicted octanol–water partition coefficient (Wildman–Crippen LogP) is -0.0181. The Morgan fingerprint density at radius 3 is 2.67 bits per heavy atom. The SMILES string of the molecule is O=C(NCCO)c1ccc(N2C[C@@]3(F)CCC[C@@]3(C(=O)O)C2)nn1. The number of carboxylic acid groups (broad SMARTS) is 1. The molecule has 130 valence electrons. The molecule has 3 N–H and O–H groups in total. The lowest BCUT2D eigenvalue weighted by Crippen LogP contribution is -2.45. The van der Waals surface area contributed by atoms with Gasteiger partial charge in [0.05, 0.1) is 13.2 Å². The van der Waals surface area contributed by atoms with Crippen LogP contribution in [0, 0.1) is 5.41 Å². The van der Waals surface area contributed by atoms with E-state index in [9.17, 15) is 14.7 Å². The van der Waals surface area contributed by atoms with Gasteiger partial charge in [-0.2, -0.15) is 0 Å². The molecule has 3 rings (SSSR count). The van der Waals surface area contributed by atoms with Gasteiger partial charge in [-0.25, -0.2) is 4.39 Å². The van der Waals surface area contributed by atoms with Gasteiger partial charge in [0.2, 0.25) is 0 Å². The molecule has 1 amide bonds. The summed E-state index contributed by atoms with van der Waals surface area (Å²) in [5.74, 6) is -1.23. The summed E-state index contributed by atoms with van der Waals surface area (Å²) in [7, 11) is 0. The molecule has 1 saturated heterocycles. The van der Waals surface area contributed by atoms with E-state index in [1.54, 1.807) is 4.90 Å². The summed E-state index contributed by atoms with van der Waals surface area (Å²) in [6.45, 7) is -0.0611. The van der Waals surface area contributed by atoms with Crippen molar-refractivity contribution in [2.45, 2.75) is 24.9 Å². The molecule has 0 bridgehead atoms. The van der Waals surface area contributed by atoms with Gasteiger partial charge in [-0.1, -0.05) is 0 Å². The van der Waals surface area contributed by atoms with Crippen LogP contribution in [0.5, 0.6) is 0 Å². The molecular weight excluding hydrogens is 319 g/mol. The number of carboxylic acids is 1. The average molecular weight is 338 g/mol. The zero-order chi connectivity index (χ0) is 17.4. The molecule has 1 aromatic heterocycles. The number of alkyl halides is 1. The number of amides is 1. The first-order valence-electron chi connectivity index (χ1n) is 7.82. The normalized spacial score (nSPS) is 28.7. The summed E-state index contributed by atoms with van der Waals surface area (Å²) in [4.78, 5) is 24.9. The maximum Gasteiger partial charge on any atom is 0.314 e. The van der Waals surface area contributed by atoms with Crippen molar-refractivity contribution in [3.63, 3.8) is 0 Å². The summed E-state index contributed by atoms with van der Waals surface area (Å²) >= 11 is 0. The number of carbonyl (C=O) groups is 2. The molecule has 1 saturated carbocycles. The largest absolute Gasteiger partial charge is 0.481 e. The molecule has 0 aromatic carbocycles. The standard InChI is InChI=1S/C15H19FN4O4/c16-15-5-1-4-14(15,13(23)24)8-20(9-15)11-3-2-10(18-19-11)12(22)17-6-7-21/h2-3,21H,1,4-9H2,(H,17,22)(H,23,24)/t14-,15-/m0/s1. The van der Waals surface area contributed by atoms with E-state index in [0.29, 0.717) is 18.7 Å². The van der Waals surface area contributed by atoms with Gasteiger partial charge < -0.3 is 20.4 Å². The molecule has 0 radical (unpaired) electrons. The van der Waals surface area contributed by atoms with Crippen molar-refractivity contribution in [2.24, 2.45) is 5.41 Å². The van der Waals surface area contributed by atoms with Gasteiger partial charge in [-0.3, -0.25) is 9.59 Å². The van der Waals surface area contributed by atoms with Crippen molar-refractivity contribution in [1.29, 1.82) is 0 Å². The lowest BCUT2D eigenvalue weighted by Gasteiger charge is -2.27. The third kappa shape index (κ3) is 2.48. The van der Waals surface area contributed by atoms with E-state index in [2.05, 4.69) is 15.5 Å². The van der Waals surface area contributed by atoms with Crippen molar-refractivity contribution in [1.82, 2.24) is 15.5 Å². The fourth-order valence-electron chi connectivity index (χ4n) is 3.67. The summed E-state index contributed by atoms with van der Waals surface area (Å²) in [6, 6.07) is 2.97. The van der Waals surface area contributed by atoms with E-state index in [1.165, 1.54) is 12.1 Å². The number of nitrogens with zero attached hydrogens (tertiary/aromatic N) is 3. The highest BCUT2D eigenvalue weighted by Crippen LogP contribution is 2.54. The van der Waals surface area contributed by atoms with Crippen LogP contribution in [0.25, 0.3) is 0 Å². The van der Waals surface area contributed by atoms with E-state index in [1.807, 2.05) is 0 Å². The van der Waals surface area contributed by atoms with Gasteiger partial charge in [0.1, 0.15) is 11.1 Å². The maximum atomic E-state index is 15.1. The van der Waals surface area contributed by atoms with E-state index >= 15 is 4.39 Å². The molecule has 2 aliphatic rings. The van der Waals surface area contributed by atoms with Crippen LogP contribution in [-0.4, -0.2) is 64.2 Å². The number of hydrogen-bond donors (Lipinski definition) is 3. The first kappa shape index (κ1) is 16.6. The highest BCUT2D eigenvalue weighted by atomic mass is 19.1. The molecule has 2 atom stereocenters. The number of fused-ring (bicyclic) bond motifs is 1. The summed E-state index contributed by atoms with van der Waals surface area (Å²) in [5, 5.41) is 28.4. The van der Waals surface area contributed by atoms with Crippen LogP contribution in [0.4, 0.5) is 10.2 Å². The number of aliphatic hydroxyl groups is 1. The minimum atomic E-state index is -1.77. The Hall–Kier alpha value is -2.29. The summed E-state index contributed by atoms with van der Waals surface area (Å²) in [5.41, 5.74) is -3.08. The van der Waals surface area contributed by atoms with Gasteiger partial charge in [0.15, 0.2) is 11.5 Å². The zero-order valence-corrected chi connectivity index (χ0v) is 13.0. The van der Waals surface area contributed by atoms with Crippen LogP contribution in [0.2, 0.25) is 0 Å². The molecule has 8 nitrogen and oxygen atoms in total. The number of aliphatic carboxylic acids is 1. The minimum Gasteiger partial charge on any atom is -0.481 e. The number of anilines is 1. The molecule has 0 spiro atoms. The van der Waals surface area contributed by atoms with Crippen LogP contribution in [0.1, 0.15) is 29.8 Å². The maximum absolute atomic E-state index is 15.1. The first-order chi connectivity index (χ1) is 11.4. The highest BCUT2D eigenvalue weighted by Gasteiger charge is 2.66. The fraction of sp³-hybridized carbons (Fsp3) is 0.600. The second-order valence-corrected chi connectivity index (χ2v) is 6.32. The van der Waals surface area contributed by atoms with Gasteiger partial charge in [0.25, 0.3) is 5.91 Å². The Bertz CT molecular complexity index is 655. The van der Waals surface area contributed by atoms with Crippen LogP contribution >= 0.6 is 0 Å². The fourth-order valence-corrected chi connectivity index (χ4v) is 3.67. The molecule has 24 heavy (non-hydrogen) atoms.